The Morgan fingerprint density at radius 3 is 2.64 bits per heavy atom. The fraction of sp³-hybridized carbons (Fsp3) is 0.353. The van der Waals surface area contributed by atoms with E-state index in [4.69, 9.17) is 9.94 Å². The Morgan fingerprint density at radius 1 is 1.43 bits per heavy atom. The monoisotopic (exact) mass is 427 g/mol. The molecule has 1 atom stereocenters. The van der Waals surface area contributed by atoms with Crippen LogP contribution in [0.15, 0.2) is 40.5 Å². The van der Waals surface area contributed by atoms with E-state index in [1.54, 1.807) is 6.92 Å². The highest BCUT2D eigenvalue weighted by atomic mass is 32.2. The molecule has 2 aromatic rings. The van der Waals surface area contributed by atoms with Gasteiger partial charge < -0.3 is 9.94 Å². The summed E-state index contributed by atoms with van der Waals surface area (Å²) in [6, 6.07) is 5.71. The Morgan fingerprint density at radius 2 is 2.11 bits per heavy atom. The molecule has 0 aliphatic heterocycles. The summed E-state index contributed by atoms with van der Waals surface area (Å²) < 4.78 is 37.7. The van der Waals surface area contributed by atoms with Crippen LogP contribution in [0.5, 0.6) is 0 Å². The third kappa shape index (κ3) is 4.72. The van der Waals surface area contributed by atoms with E-state index in [1.165, 1.54) is 24.3 Å². The molecule has 0 spiro atoms. The fourth-order valence-corrected chi connectivity index (χ4v) is 4.44. The molecule has 1 amide bonds. The number of hydrogen-bond acceptors (Lipinski definition) is 8. The number of halogens is 1. The van der Waals surface area contributed by atoms with Crippen molar-refractivity contribution in [1.82, 2.24) is 4.98 Å². The Kier molecular flexibility index (Phi) is 6.06. The molecule has 0 saturated heterocycles. The Hall–Kier alpha value is -2.37. The topological polar surface area (TPSA) is 118 Å². The van der Waals surface area contributed by atoms with Crippen LogP contribution in [0, 0.1) is 5.13 Å². The first-order valence-corrected chi connectivity index (χ1v) is 10.8. The van der Waals surface area contributed by atoms with Crippen molar-refractivity contribution < 1.29 is 27.5 Å². The van der Waals surface area contributed by atoms with Gasteiger partial charge in [0.1, 0.15) is 6.10 Å². The molecule has 8 nitrogen and oxygen atoms in total. The van der Waals surface area contributed by atoms with Crippen molar-refractivity contribution in [2.45, 2.75) is 36.0 Å². The van der Waals surface area contributed by atoms with Crippen LogP contribution in [-0.4, -0.2) is 48.1 Å². The third-order valence-corrected chi connectivity index (χ3v) is 6.89. The van der Waals surface area contributed by atoms with Gasteiger partial charge in [0.05, 0.1) is 22.9 Å². The first kappa shape index (κ1) is 20.4. The van der Waals surface area contributed by atoms with Crippen molar-refractivity contribution in [3.8, 4) is 0 Å². The summed E-state index contributed by atoms with van der Waals surface area (Å²) in [5.41, 5.74) is 0.140. The normalized spacial score (nSPS) is 15.9. The molecule has 11 heteroatoms. The summed E-state index contributed by atoms with van der Waals surface area (Å²) in [6.45, 7) is 1.25. The van der Waals surface area contributed by atoms with E-state index in [9.17, 15) is 17.6 Å². The maximum Gasteiger partial charge on any atom is 0.280 e. The maximum absolute atomic E-state index is 13.1. The minimum Gasteiger partial charge on any atom is -0.392 e. The van der Waals surface area contributed by atoms with Gasteiger partial charge in [0, 0.05) is 5.56 Å². The molecular weight excluding hydrogens is 409 g/mol. The van der Waals surface area contributed by atoms with Crippen LogP contribution in [-0.2, 0) is 19.5 Å². The zero-order valence-corrected chi connectivity index (χ0v) is 16.5. The number of thiazole rings is 1. The summed E-state index contributed by atoms with van der Waals surface area (Å²) >= 11 is 0.649. The van der Waals surface area contributed by atoms with E-state index >= 15 is 0 Å². The summed E-state index contributed by atoms with van der Waals surface area (Å²) in [5.74, 6) is -0.711. The molecule has 0 unspecified atom stereocenters. The zero-order chi connectivity index (χ0) is 20.3. The third-order valence-electron chi connectivity index (χ3n) is 3.91. The number of anilines is 1. The highest BCUT2D eigenvalue weighted by Gasteiger charge is 2.36. The second kappa shape index (κ2) is 8.33. The molecule has 0 bridgehead atoms. The SMILES string of the molecule is C[C@H](CO)O/N=C(/C(=O)Nc1ncc(F)s1)c1ccc(S(=O)(=O)C2CC2)cc1. The lowest BCUT2D eigenvalue weighted by molar-refractivity contribution is -0.110. The number of nitrogens with zero attached hydrogens (tertiary/aromatic N) is 2. The molecule has 1 heterocycles. The van der Waals surface area contributed by atoms with Gasteiger partial charge in [-0.2, -0.15) is 4.39 Å². The van der Waals surface area contributed by atoms with Crippen LogP contribution >= 0.6 is 11.3 Å². The van der Waals surface area contributed by atoms with Crippen LogP contribution in [0.25, 0.3) is 0 Å². The Labute approximate surface area is 165 Å². The molecule has 28 heavy (non-hydrogen) atoms. The number of carbonyl (C=O) groups is 1. The fourth-order valence-electron chi connectivity index (χ4n) is 2.24. The number of nitrogens with one attached hydrogen (secondary N) is 1. The number of aromatic nitrogens is 1. The van der Waals surface area contributed by atoms with E-state index in [0.717, 1.165) is 6.20 Å². The van der Waals surface area contributed by atoms with E-state index in [2.05, 4.69) is 15.5 Å². The average Bonchev–Trinajstić information content (AvgIpc) is 3.46. The lowest BCUT2D eigenvalue weighted by atomic mass is 10.1. The van der Waals surface area contributed by atoms with Gasteiger partial charge in [-0.15, -0.1) is 0 Å². The molecule has 1 aliphatic rings. The van der Waals surface area contributed by atoms with Crippen molar-refractivity contribution in [3.63, 3.8) is 0 Å². The number of aliphatic hydroxyl groups is 1. The quantitative estimate of drug-likeness (QED) is 0.491. The van der Waals surface area contributed by atoms with Gasteiger partial charge in [-0.05, 0) is 31.9 Å². The van der Waals surface area contributed by atoms with Crippen LogP contribution < -0.4 is 5.32 Å². The number of sulfone groups is 1. The molecule has 1 aromatic heterocycles. The van der Waals surface area contributed by atoms with Gasteiger partial charge in [-0.25, -0.2) is 13.4 Å². The van der Waals surface area contributed by atoms with Gasteiger partial charge in [-0.1, -0.05) is 28.6 Å². The maximum atomic E-state index is 13.1. The highest BCUT2D eigenvalue weighted by Crippen LogP contribution is 2.33. The number of rotatable bonds is 8. The summed E-state index contributed by atoms with van der Waals surface area (Å²) in [5, 5.41) is 14.4. The molecule has 0 radical (unpaired) electrons. The number of carbonyl (C=O) groups excluding carboxylic acids is 1. The second-order valence-electron chi connectivity index (χ2n) is 6.23. The minimum atomic E-state index is -3.36. The lowest BCUT2D eigenvalue weighted by Crippen LogP contribution is -2.25. The van der Waals surface area contributed by atoms with Crippen molar-refractivity contribution in [2.75, 3.05) is 11.9 Å². The molecule has 1 aliphatic carbocycles. The lowest BCUT2D eigenvalue weighted by Gasteiger charge is -2.10. The van der Waals surface area contributed by atoms with Crippen LogP contribution in [0.3, 0.4) is 0 Å². The summed E-state index contributed by atoms with van der Waals surface area (Å²) in [6.07, 6.45) is 1.61. The first-order chi connectivity index (χ1) is 13.3. The van der Waals surface area contributed by atoms with Crippen molar-refractivity contribution in [2.24, 2.45) is 5.16 Å². The predicted molar refractivity (Wildman–Crippen MR) is 102 cm³/mol. The number of aliphatic hydroxyl groups excluding tert-OH is 1. The predicted octanol–water partition coefficient (Wildman–Crippen LogP) is 1.96. The molecule has 3 rings (SSSR count). The Bertz CT molecular complexity index is 984. The highest BCUT2D eigenvalue weighted by molar-refractivity contribution is 7.92. The van der Waals surface area contributed by atoms with Crippen molar-refractivity contribution >= 4 is 37.9 Å². The summed E-state index contributed by atoms with van der Waals surface area (Å²) in [7, 11) is -3.36. The van der Waals surface area contributed by atoms with Crippen LogP contribution in [0.2, 0.25) is 0 Å². The zero-order valence-electron chi connectivity index (χ0n) is 14.8. The standard InChI is InChI=1S/C17H18FN3O5S2/c1-10(9-22)26-21-15(16(23)20-17-19-8-14(18)27-17)11-2-4-12(5-3-11)28(24,25)13-6-7-13/h2-5,8,10,13,22H,6-7,9H2,1H3,(H,19,20,23)/b21-15+/t10-/m1/s1. The van der Waals surface area contributed by atoms with E-state index in [1.807, 2.05) is 0 Å². The van der Waals surface area contributed by atoms with Gasteiger partial charge in [0.25, 0.3) is 5.91 Å². The summed E-state index contributed by atoms with van der Waals surface area (Å²) in [4.78, 5) is 21.5. The second-order valence-corrected chi connectivity index (χ2v) is 9.44. The number of hydrogen-bond donors (Lipinski definition) is 2. The number of amides is 1. The van der Waals surface area contributed by atoms with Crippen molar-refractivity contribution in [1.29, 1.82) is 0 Å². The Balaban J connectivity index is 1.86. The van der Waals surface area contributed by atoms with E-state index in [-0.39, 0.29) is 27.6 Å². The molecular formula is C17H18FN3O5S2. The molecule has 150 valence electrons. The van der Waals surface area contributed by atoms with Crippen molar-refractivity contribution in [3.05, 3.63) is 41.2 Å². The molecule has 1 aromatic carbocycles. The van der Waals surface area contributed by atoms with Gasteiger partial charge in [0.2, 0.25) is 0 Å². The van der Waals surface area contributed by atoms with Crippen LogP contribution in [0.4, 0.5) is 9.52 Å². The van der Waals surface area contributed by atoms with Gasteiger partial charge >= 0.3 is 0 Å². The largest absolute Gasteiger partial charge is 0.392 e. The average molecular weight is 427 g/mol. The van der Waals surface area contributed by atoms with Gasteiger partial charge in [0.15, 0.2) is 25.8 Å². The van der Waals surface area contributed by atoms with E-state index in [0.29, 0.717) is 29.7 Å². The van der Waals surface area contributed by atoms with Gasteiger partial charge in [-0.3, -0.25) is 10.1 Å². The number of oxime groups is 1. The molecule has 1 saturated carbocycles. The molecule has 2 N–H and O–H groups in total. The van der Waals surface area contributed by atoms with E-state index < -0.39 is 27.0 Å². The van der Waals surface area contributed by atoms with Crippen LogP contribution in [0.1, 0.15) is 25.3 Å². The minimum absolute atomic E-state index is 0.0401. The number of benzene rings is 1. The first-order valence-electron chi connectivity index (χ1n) is 8.43. The smallest absolute Gasteiger partial charge is 0.280 e. The molecule has 1 fully saturated rings.